The molecule has 1 aromatic carbocycles. The highest BCUT2D eigenvalue weighted by Gasteiger charge is 2.23. The number of fused-ring (bicyclic) bond motifs is 1. The monoisotopic (exact) mass is 327 g/mol. The van der Waals surface area contributed by atoms with Crippen molar-refractivity contribution >= 4 is 17.0 Å². The molecule has 1 saturated heterocycles. The fourth-order valence-corrected chi connectivity index (χ4v) is 3.81. The maximum Gasteiger partial charge on any atom is 0.193 e. The molecule has 2 atom stereocenters. The number of guanidine groups is 1. The molecule has 2 aromatic rings. The van der Waals surface area contributed by atoms with E-state index in [2.05, 4.69) is 56.8 Å². The topological polar surface area (TPSA) is 45.5 Å². The Hall–Kier alpha value is -2.04. The molecule has 0 spiro atoms. The lowest BCUT2D eigenvalue weighted by Crippen LogP contribution is -2.48. The molecule has 5 nitrogen and oxygen atoms in total. The van der Waals surface area contributed by atoms with Gasteiger partial charge in [-0.25, -0.2) is 4.98 Å². The minimum absolute atomic E-state index is 0.740. The van der Waals surface area contributed by atoms with Crippen LogP contribution < -0.4 is 5.32 Å². The average Bonchev–Trinajstić information content (AvgIpc) is 2.97. The fourth-order valence-electron chi connectivity index (χ4n) is 3.81. The van der Waals surface area contributed by atoms with E-state index in [9.17, 15) is 0 Å². The lowest BCUT2D eigenvalue weighted by atomic mass is 9.92. The summed E-state index contributed by atoms with van der Waals surface area (Å²) in [6, 6.07) is 8.29. The molecule has 1 aliphatic rings. The van der Waals surface area contributed by atoms with E-state index < -0.39 is 0 Å². The Labute approximate surface area is 144 Å². The van der Waals surface area contributed by atoms with Gasteiger partial charge in [-0.05, 0) is 36.8 Å². The van der Waals surface area contributed by atoms with Crippen LogP contribution in [-0.2, 0) is 6.54 Å². The molecule has 0 amide bonds. The largest absolute Gasteiger partial charge is 0.356 e. The lowest BCUT2D eigenvalue weighted by molar-refractivity contribution is 0.208. The second-order valence-corrected chi connectivity index (χ2v) is 7.11. The van der Waals surface area contributed by atoms with E-state index in [0.717, 1.165) is 55.9 Å². The Morgan fingerprint density at radius 1 is 1.25 bits per heavy atom. The highest BCUT2D eigenvalue weighted by molar-refractivity contribution is 5.80. The molecule has 130 valence electrons. The summed E-state index contributed by atoms with van der Waals surface area (Å²) in [5, 5.41) is 3.53. The van der Waals surface area contributed by atoms with Gasteiger partial charge in [-0.3, -0.25) is 4.99 Å². The molecule has 1 N–H and O–H groups in total. The Morgan fingerprint density at radius 2 is 2.00 bits per heavy atom. The van der Waals surface area contributed by atoms with Crippen LogP contribution in [0.5, 0.6) is 0 Å². The van der Waals surface area contributed by atoms with Crippen molar-refractivity contribution in [2.45, 2.75) is 33.2 Å². The number of aliphatic imine (C=N–C) groups is 1. The van der Waals surface area contributed by atoms with Crippen molar-refractivity contribution < 1.29 is 0 Å². The minimum Gasteiger partial charge on any atom is -0.356 e. The molecule has 0 radical (unpaired) electrons. The fraction of sp³-hybridized carbons (Fsp3) is 0.579. The van der Waals surface area contributed by atoms with Crippen LogP contribution in [0.25, 0.3) is 11.0 Å². The van der Waals surface area contributed by atoms with Crippen LogP contribution in [0.1, 0.15) is 26.7 Å². The van der Waals surface area contributed by atoms with Gasteiger partial charge in [0.15, 0.2) is 5.96 Å². The zero-order valence-electron chi connectivity index (χ0n) is 15.1. The summed E-state index contributed by atoms with van der Waals surface area (Å²) in [5.41, 5.74) is 2.28. The molecule has 0 bridgehead atoms. The second-order valence-electron chi connectivity index (χ2n) is 7.11. The molecule has 24 heavy (non-hydrogen) atoms. The summed E-state index contributed by atoms with van der Waals surface area (Å²) in [7, 11) is 1.88. The number of likely N-dealkylation sites (tertiary alicyclic amines) is 1. The molecular weight excluding hydrogens is 298 g/mol. The number of para-hydroxylation sites is 2. The van der Waals surface area contributed by atoms with Gasteiger partial charge in [-0.2, -0.15) is 0 Å². The Morgan fingerprint density at radius 3 is 2.75 bits per heavy atom. The molecule has 2 unspecified atom stereocenters. The lowest BCUT2D eigenvalue weighted by Gasteiger charge is -2.37. The van der Waals surface area contributed by atoms with Gasteiger partial charge in [0.2, 0.25) is 0 Å². The van der Waals surface area contributed by atoms with Gasteiger partial charge in [0.1, 0.15) is 0 Å². The molecule has 5 heteroatoms. The second kappa shape index (κ2) is 7.69. The summed E-state index contributed by atoms with van der Waals surface area (Å²) < 4.78 is 2.23. The Balaban J connectivity index is 1.50. The number of hydrogen-bond acceptors (Lipinski definition) is 2. The molecule has 0 aliphatic carbocycles. The van der Waals surface area contributed by atoms with E-state index in [-0.39, 0.29) is 0 Å². The quantitative estimate of drug-likeness (QED) is 0.533. The highest BCUT2D eigenvalue weighted by atomic mass is 15.3. The zero-order chi connectivity index (χ0) is 16.9. The standard InChI is InChI=1S/C19H29N5/c1-15-11-16(2)13-24(12-15)19(20-3)21-9-6-10-23-14-22-17-7-4-5-8-18(17)23/h4-5,7-8,14-16H,6,9-13H2,1-3H3,(H,20,21). The van der Waals surface area contributed by atoms with E-state index in [0.29, 0.717) is 0 Å². The maximum atomic E-state index is 4.48. The van der Waals surface area contributed by atoms with E-state index >= 15 is 0 Å². The number of hydrogen-bond donors (Lipinski definition) is 1. The van der Waals surface area contributed by atoms with E-state index in [4.69, 9.17) is 0 Å². The molecule has 1 aliphatic heterocycles. The Bertz CT molecular complexity index is 680. The number of nitrogens with one attached hydrogen (secondary N) is 1. The number of rotatable bonds is 4. The zero-order valence-corrected chi connectivity index (χ0v) is 15.1. The predicted molar refractivity (Wildman–Crippen MR) is 100 cm³/mol. The van der Waals surface area contributed by atoms with Crippen molar-refractivity contribution in [3.8, 4) is 0 Å². The van der Waals surface area contributed by atoms with Gasteiger partial charge in [0.05, 0.1) is 17.4 Å². The van der Waals surface area contributed by atoms with Gasteiger partial charge in [-0.1, -0.05) is 26.0 Å². The molecule has 2 heterocycles. The van der Waals surface area contributed by atoms with Crippen LogP contribution in [0.15, 0.2) is 35.6 Å². The van der Waals surface area contributed by atoms with Gasteiger partial charge >= 0.3 is 0 Å². The van der Waals surface area contributed by atoms with Crippen molar-refractivity contribution in [3.63, 3.8) is 0 Å². The van der Waals surface area contributed by atoms with Crippen LogP contribution in [-0.4, -0.2) is 47.1 Å². The number of nitrogens with zero attached hydrogens (tertiary/aromatic N) is 4. The molecule has 1 aromatic heterocycles. The van der Waals surface area contributed by atoms with Gasteiger partial charge < -0.3 is 14.8 Å². The van der Waals surface area contributed by atoms with E-state index in [1.54, 1.807) is 0 Å². The molecule has 3 rings (SSSR count). The number of piperidine rings is 1. The number of aromatic nitrogens is 2. The SMILES string of the molecule is CN=C(NCCCn1cnc2ccccc21)N1CC(C)CC(C)C1. The third kappa shape index (κ3) is 3.89. The summed E-state index contributed by atoms with van der Waals surface area (Å²) >= 11 is 0. The smallest absolute Gasteiger partial charge is 0.193 e. The number of benzene rings is 1. The van der Waals surface area contributed by atoms with Crippen molar-refractivity contribution in [1.29, 1.82) is 0 Å². The Kier molecular flexibility index (Phi) is 5.38. The van der Waals surface area contributed by atoms with E-state index in [1.807, 2.05) is 19.4 Å². The number of aryl methyl sites for hydroxylation is 1. The summed E-state index contributed by atoms with van der Waals surface area (Å²) in [6.45, 7) is 8.78. The van der Waals surface area contributed by atoms with Crippen LogP contribution >= 0.6 is 0 Å². The van der Waals surface area contributed by atoms with Crippen molar-refractivity contribution in [2.75, 3.05) is 26.7 Å². The predicted octanol–water partition coefficient (Wildman–Crippen LogP) is 2.98. The first kappa shape index (κ1) is 16.8. The van der Waals surface area contributed by atoms with Gasteiger partial charge in [-0.15, -0.1) is 0 Å². The van der Waals surface area contributed by atoms with Crippen molar-refractivity contribution in [3.05, 3.63) is 30.6 Å². The number of imidazole rings is 1. The maximum absolute atomic E-state index is 4.48. The third-order valence-electron chi connectivity index (χ3n) is 4.77. The first-order valence-corrected chi connectivity index (χ1v) is 9.03. The summed E-state index contributed by atoms with van der Waals surface area (Å²) in [4.78, 5) is 11.3. The van der Waals surface area contributed by atoms with Crippen LogP contribution in [0, 0.1) is 11.8 Å². The van der Waals surface area contributed by atoms with Gasteiger partial charge in [0.25, 0.3) is 0 Å². The molecule has 1 fully saturated rings. The van der Waals surface area contributed by atoms with Crippen molar-refractivity contribution in [1.82, 2.24) is 19.8 Å². The van der Waals surface area contributed by atoms with Crippen LogP contribution in [0.2, 0.25) is 0 Å². The van der Waals surface area contributed by atoms with Crippen LogP contribution in [0.4, 0.5) is 0 Å². The first-order chi connectivity index (χ1) is 11.7. The van der Waals surface area contributed by atoms with Gasteiger partial charge in [0, 0.05) is 33.2 Å². The molecular formula is C19H29N5. The van der Waals surface area contributed by atoms with E-state index in [1.165, 1.54) is 11.9 Å². The normalized spacial score (nSPS) is 22.1. The summed E-state index contributed by atoms with van der Waals surface area (Å²) in [6.07, 6.45) is 4.31. The van der Waals surface area contributed by atoms with Crippen LogP contribution in [0.3, 0.4) is 0 Å². The third-order valence-corrected chi connectivity index (χ3v) is 4.77. The summed E-state index contributed by atoms with van der Waals surface area (Å²) in [5.74, 6) is 2.53. The minimum atomic E-state index is 0.740. The van der Waals surface area contributed by atoms with Crippen molar-refractivity contribution in [2.24, 2.45) is 16.8 Å². The first-order valence-electron chi connectivity index (χ1n) is 9.03. The molecule has 0 saturated carbocycles. The highest BCUT2D eigenvalue weighted by Crippen LogP contribution is 2.20. The average molecular weight is 327 g/mol.